The second kappa shape index (κ2) is 7.14. The average Bonchev–Trinajstić information content (AvgIpc) is 2.79. The SMILES string of the molecule is Cc1ccc(Cl)cc1NC(=O)c1cc(N2C(=O)C(C)CS2(=O)=O)ccc1Cl. The van der Waals surface area contributed by atoms with Crippen molar-refractivity contribution in [3.63, 3.8) is 0 Å². The van der Waals surface area contributed by atoms with E-state index >= 15 is 0 Å². The molecule has 1 fully saturated rings. The van der Waals surface area contributed by atoms with Crippen LogP contribution in [0.25, 0.3) is 0 Å². The predicted octanol–water partition coefficient (Wildman–Crippen LogP) is 3.87. The Labute approximate surface area is 167 Å². The molecule has 27 heavy (non-hydrogen) atoms. The molecule has 0 saturated carbocycles. The first-order valence-electron chi connectivity index (χ1n) is 8.04. The van der Waals surface area contributed by atoms with Gasteiger partial charge in [0, 0.05) is 10.7 Å². The van der Waals surface area contributed by atoms with Gasteiger partial charge in [-0.1, -0.05) is 36.2 Å². The summed E-state index contributed by atoms with van der Waals surface area (Å²) >= 11 is 12.1. The number of rotatable bonds is 3. The van der Waals surface area contributed by atoms with Gasteiger partial charge in [-0.15, -0.1) is 0 Å². The van der Waals surface area contributed by atoms with Crippen molar-refractivity contribution in [1.29, 1.82) is 0 Å². The smallest absolute Gasteiger partial charge is 0.257 e. The Hall–Kier alpha value is -2.09. The third-order valence-corrected chi connectivity index (χ3v) is 6.67. The molecule has 3 rings (SSSR count). The van der Waals surface area contributed by atoms with Crippen LogP contribution in [0.2, 0.25) is 10.0 Å². The molecule has 1 saturated heterocycles. The van der Waals surface area contributed by atoms with Gasteiger partial charge in [-0.3, -0.25) is 9.59 Å². The van der Waals surface area contributed by atoms with Crippen molar-refractivity contribution in [3.05, 3.63) is 57.6 Å². The van der Waals surface area contributed by atoms with Crippen molar-refractivity contribution in [3.8, 4) is 0 Å². The number of amides is 2. The molecule has 2 amide bonds. The van der Waals surface area contributed by atoms with Gasteiger partial charge in [-0.2, -0.15) is 0 Å². The molecular weight excluding hydrogens is 411 g/mol. The number of hydrogen-bond acceptors (Lipinski definition) is 4. The maximum atomic E-state index is 12.7. The molecule has 6 nitrogen and oxygen atoms in total. The number of carbonyl (C=O) groups is 2. The van der Waals surface area contributed by atoms with Crippen LogP contribution in [0.4, 0.5) is 11.4 Å². The standard InChI is InChI=1S/C18H16Cl2N2O4S/c1-10-3-4-12(19)7-16(10)21-17(23)14-8-13(5-6-15(14)20)22-18(24)11(2)9-27(22,25)26/h3-8,11H,9H2,1-2H3,(H,21,23). The largest absolute Gasteiger partial charge is 0.322 e. The van der Waals surface area contributed by atoms with Gasteiger partial charge in [-0.25, -0.2) is 12.7 Å². The number of nitrogens with zero attached hydrogens (tertiary/aromatic N) is 1. The fourth-order valence-electron chi connectivity index (χ4n) is 2.82. The van der Waals surface area contributed by atoms with Crippen LogP contribution in [0.15, 0.2) is 36.4 Å². The first-order valence-corrected chi connectivity index (χ1v) is 10.4. The minimum absolute atomic E-state index is 0.0519. The molecule has 1 heterocycles. The molecule has 1 aliphatic heterocycles. The molecule has 0 aliphatic carbocycles. The monoisotopic (exact) mass is 426 g/mol. The Morgan fingerprint density at radius 2 is 1.89 bits per heavy atom. The Morgan fingerprint density at radius 3 is 2.52 bits per heavy atom. The number of anilines is 2. The Kier molecular flexibility index (Phi) is 5.20. The van der Waals surface area contributed by atoms with Crippen molar-refractivity contribution in [2.75, 3.05) is 15.4 Å². The zero-order valence-corrected chi connectivity index (χ0v) is 16.8. The van der Waals surface area contributed by atoms with Crippen LogP contribution >= 0.6 is 23.2 Å². The van der Waals surface area contributed by atoms with E-state index in [0.29, 0.717) is 10.7 Å². The fraction of sp³-hybridized carbons (Fsp3) is 0.222. The maximum Gasteiger partial charge on any atom is 0.257 e. The molecule has 1 N–H and O–H groups in total. The normalized spacial score (nSPS) is 18.6. The summed E-state index contributed by atoms with van der Waals surface area (Å²) in [5.74, 6) is -1.98. The molecule has 142 valence electrons. The summed E-state index contributed by atoms with van der Waals surface area (Å²) in [6, 6.07) is 9.14. The van der Waals surface area contributed by atoms with Gasteiger partial charge in [0.25, 0.3) is 5.91 Å². The summed E-state index contributed by atoms with van der Waals surface area (Å²) in [4.78, 5) is 24.9. The third-order valence-electron chi connectivity index (χ3n) is 4.24. The summed E-state index contributed by atoms with van der Waals surface area (Å²) in [6.07, 6.45) is 0. The zero-order chi connectivity index (χ0) is 19.9. The van der Waals surface area contributed by atoms with Crippen molar-refractivity contribution in [1.82, 2.24) is 0 Å². The molecular formula is C18H16Cl2N2O4S. The molecule has 2 aromatic rings. The molecule has 0 bridgehead atoms. The van der Waals surface area contributed by atoms with E-state index in [1.54, 1.807) is 32.0 Å². The van der Waals surface area contributed by atoms with Crippen molar-refractivity contribution < 1.29 is 18.0 Å². The van der Waals surface area contributed by atoms with Gasteiger partial charge in [-0.05, 0) is 42.8 Å². The molecule has 2 aromatic carbocycles. The summed E-state index contributed by atoms with van der Waals surface area (Å²) in [6.45, 7) is 3.35. The summed E-state index contributed by atoms with van der Waals surface area (Å²) in [7, 11) is -3.77. The second-order valence-corrected chi connectivity index (χ2v) is 9.07. The number of halogens is 2. The lowest BCUT2D eigenvalue weighted by Crippen LogP contribution is -2.30. The van der Waals surface area contributed by atoms with Crippen LogP contribution in [0.1, 0.15) is 22.8 Å². The molecule has 1 unspecified atom stereocenters. The minimum atomic E-state index is -3.77. The number of hydrogen-bond donors (Lipinski definition) is 1. The van der Waals surface area contributed by atoms with E-state index in [2.05, 4.69) is 5.32 Å². The summed E-state index contributed by atoms with van der Waals surface area (Å²) in [5, 5.41) is 3.30. The highest BCUT2D eigenvalue weighted by Crippen LogP contribution is 2.31. The van der Waals surface area contributed by atoms with Crippen LogP contribution in [0.5, 0.6) is 0 Å². The number of benzene rings is 2. The zero-order valence-electron chi connectivity index (χ0n) is 14.5. The fourth-order valence-corrected chi connectivity index (χ4v) is 5.01. The van der Waals surface area contributed by atoms with Crippen LogP contribution in [0.3, 0.4) is 0 Å². The van der Waals surface area contributed by atoms with E-state index in [1.165, 1.54) is 18.2 Å². The first kappa shape index (κ1) is 19.7. The number of aryl methyl sites for hydroxylation is 1. The van der Waals surface area contributed by atoms with Gasteiger partial charge >= 0.3 is 0 Å². The van der Waals surface area contributed by atoms with Gasteiger partial charge in [0.15, 0.2) is 0 Å². The van der Waals surface area contributed by atoms with Crippen molar-refractivity contribution in [2.24, 2.45) is 5.92 Å². The van der Waals surface area contributed by atoms with Crippen LogP contribution < -0.4 is 9.62 Å². The number of carbonyl (C=O) groups excluding carboxylic acids is 2. The molecule has 1 aliphatic rings. The van der Waals surface area contributed by atoms with Crippen LogP contribution in [-0.2, 0) is 14.8 Å². The van der Waals surface area contributed by atoms with Crippen LogP contribution in [-0.4, -0.2) is 26.0 Å². The van der Waals surface area contributed by atoms with E-state index in [1.807, 2.05) is 0 Å². The van der Waals surface area contributed by atoms with E-state index in [9.17, 15) is 18.0 Å². The predicted molar refractivity (Wildman–Crippen MR) is 106 cm³/mol. The van der Waals surface area contributed by atoms with Gasteiger partial charge in [0.1, 0.15) is 0 Å². The van der Waals surface area contributed by atoms with E-state index < -0.39 is 27.8 Å². The molecule has 0 aromatic heterocycles. The third kappa shape index (κ3) is 3.81. The van der Waals surface area contributed by atoms with E-state index in [0.717, 1.165) is 9.87 Å². The Balaban J connectivity index is 1.97. The molecule has 9 heteroatoms. The summed E-state index contributed by atoms with van der Waals surface area (Å²) in [5.41, 5.74) is 1.44. The number of sulfonamides is 1. The van der Waals surface area contributed by atoms with Crippen molar-refractivity contribution >= 4 is 56.4 Å². The highest BCUT2D eigenvalue weighted by atomic mass is 35.5. The summed E-state index contributed by atoms with van der Waals surface area (Å²) < 4.78 is 25.3. The van der Waals surface area contributed by atoms with Gasteiger partial charge in [0.05, 0.1) is 27.9 Å². The topological polar surface area (TPSA) is 83.6 Å². The second-order valence-electron chi connectivity index (χ2n) is 6.36. The first-order chi connectivity index (χ1) is 12.6. The highest BCUT2D eigenvalue weighted by molar-refractivity contribution is 7.94. The quantitative estimate of drug-likeness (QED) is 0.806. The van der Waals surface area contributed by atoms with Gasteiger partial charge in [0.2, 0.25) is 15.9 Å². The van der Waals surface area contributed by atoms with Crippen LogP contribution in [0, 0.1) is 12.8 Å². The highest BCUT2D eigenvalue weighted by Gasteiger charge is 2.42. The molecule has 1 atom stereocenters. The van der Waals surface area contributed by atoms with Crippen molar-refractivity contribution in [2.45, 2.75) is 13.8 Å². The lowest BCUT2D eigenvalue weighted by atomic mass is 10.1. The van der Waals surface area contributed by atoms with E-state index in [4.69, 9.17) is 23.2 Å². The average molecular weight is 427 g/mol. The molecule has 0 radical (unpaired) electrons. The Morgan fingerprint density at radius 1 is 1.19 bits per heavy atom. The Bertz CT molecular complexity index is 1050. The number of nitrogens with one attached hydrogen (secondary N) is 1. The molecule has 0 spiro atoms. The maximum absolute atomic E-state index is 12.7. The lowest BCUT2D eigenvalue weighted by molar-refractivity contribution is -0.119. The van der Waals surface area contributed by atoms with E-state index in [-0.39, 0.29) is 22.0 Å². The lowest BCUT2D eigenvalue weighted by Gasteiger charge is -2.17. The van der Waals surface area contributed by atoms with Gasteiger partial charge < -0.3 is 5.32 Å². The minimum Gasteiger partial charge on any atom is -0.322 e.